The Labute approximate surface area is 168 Å². The zero-order chi connectivity index (χ0) is 21.4. The molecule has 0 aliphatic carbocycles. The molecule has 3 N–H and O–H groups in total. The lowest BCUT2D eigenvalue weighted by Gasteiger charge is -2.22. The van der Waals surface area contributed by atoms with Crippen molar-refractivity contribution in [3.63, 3.8) is 0 Å². The highest BCUT2D eigenvalue weighted by Gasteiger charge is 2.25. The van der Waals surface area contributed by atoms with Crippen molar-refractivity contribution >= 4 is 17.7 Å². The fourth-order valence-corrected chi connectivity index (χ4v) is 2.37. The Morgan fingerprint density at radius 3 is 2.10 bits per heavy atom. The monoisotopic (exact) mass is 401 g/mol. The molecule has 29 heavy (non-hydrogen) atoms. The van der Waals surface area contributed by atoms with E-state index in [0.717, 1.165) is 0 Å². The molecule has 10 heteroatoms. The minimum Gasteiger partial charge on any atom is -0.497 e. The zero-order valence-corrected chi connectivity index (χ0v) is 16.6. The summed E-state index contributed by atoms with van der Waals surface area (Å²) in [5.74, 6) is -1.07. The number of carbonyl (C=O) groups excluding carboxylic acids is 3. The number of aromatic nitrogens is 2. The summed E-state index contributed by atoms with van der Waals surface area (Å²) < 4.78 is 10.3. The largest absolute Gasteiger partial charge is 0.497 e. The molecule has 0 saturated heterocycles. The number of hydrogen-bond acceptors (Lipinski definition) is 7. The van der Waals surface area contributed by atoms with Crippen molar-refractivity contribution in [2.45, 2.75) is 19.9 Å². The van der Waals surface area contributed by atoms with Crippen molar-refractivity contribution in [2.75, 3.05) is 14.2 Å². The number of carbonyl (C=O) groups is 3. The summed E-state index contributed by atoms with van der Waals surface area (Å²) >= 11 is 0. The Bertz CT molecular complexity index is 850. The summed E-state index contributed by atoms with van der Waals surface area (Å²) in [6.07, 6.45) is 4.04. The van der Waals surface area contributed by atoms with Gasteiger partial charge in [-0.1, -0.05) is 13.8 Å². The number of ether oxygens (including phenoxy) is 2. The number of benzene rings is 1. The summed E-state index contributed by atoms with van der Waals surface area (Å²) in [6.45, 7) is 3.53. The van der Waals surface area contributed by atoms with E-state index in [2.05, 4.69) is 26.1 Å². The second-order valence-electron chi connectivity index (χ2n) is 6.33. The summed E-state index contributed by atoms with van der Waals surface area (Å²) in [6, 6.07) is 3.79. The van der Waals surface area contributed by atoms with Crippen LogP contribution in [0.15, 0.2) is 36.8 Å². The number of rotatable bonds is 7. The van der Waals surface area contributed by atoms with Crippen molar-refractivity contribution in [3.8, 4) is 11.5 Å². The molecule has 0 bridgehead atoms. The third kappa shape index (κ3) is 5.89. The van der Waals surface area contributed by atoms with Crippen LogP contribution in [0.2, 0.25) is 0 Å². The van der Waals surface area contributed by atoms with Crippen molar-refractivity contribution in [1.82, 2.24) is 26.1 Å². The van der Waals surface area contributed by atoms with Gasteiger partial charge in [-0.3, -0.25) is 30.2 Å². The van der Waals surface area contributed by atoms with Gasteiger partial charge in [0.2, 0.25) is 0 Å². The molecule has 0 fully saturated rings. The van der Waals surface area contributed by atoms with Crippen LogP contribution in [-0.2, 0) is 4.79 Å². The van der Waals surface area contributed by atoms with Crippen LogP contribution in [0, 0.1) is 5.92 Å². The van der Waals surface area contributed by atoms with Crippen molar-refractivity contribution in [2.24, 2.45) is 5.92 Å². The number of methoxy groups -OCH3 is 2. The van der Waals surface area contributed by atoms with Crippen LogP contribution >= 0.6 is 0 Å². The topological polar surface area (TPSA) is 132 Å². The first-order valence-corrected chi connectivity index (χ1v) is 8.75. The van der Waals surface area contributed by atoms with E-state index in [1.807, 2.05) is 0 Å². The summed E-state index contributed by atoms with van der Waals surface area (Å²) in [5.41, 5.74) is 4.86. The fraction of sp³-hybridized carbons (Fsp3) is 0.316. The zero-order valence-electron chi connectivity index (χ0n) is 16.6. The number of hydrogen-bond donors (Lipinski definition) is 3. The van der Waals surface area contributed by atoms with E-state index in [4.69, 9.17) is 9.47 Å². The van der Waals surface area contributed by atoms with Crippen molar-refractivity contribution < 1.29 is 23.9 Å². The number of hydrazine groups is 1. The lowest BCUT2D eigenvalue weighted by Crippen LogP contribution is -2.54. The summed E-state index contributed by atoms with van der Waals surface area (Å²) in [7, 11) is 2.95. The van der Waals surface area contributed by atoms with Crippen LogP contribution in [0.3, 0.4) is 0 Å². The molecule has 1 aromatic heterocycles. The maximum Gasteiger partial charge on any atom is 0.289 e. The minimum atomic E-state index is -0.901. The molecule has 10 nitrogen and oxygen atoms in total. The van der Waals surface area contributed by atoms with E-state index in [-0.39, 0.29) is 17.2 Å². The van der Waals surface area contributed by atoms with Gasteiger partial charge in [-0.25, -0.2) is 4.98 Å². The van der Waals surface area contributed by atoms with Crippen molar-refractivity contribution in [1.29, 1.82) is 0 Å². The Kier molecular flexibility index (Phi) is 7.47. The molecular weight excluding hydrogens is 378 g/mol. The highest BCUT2D eigenvalue weighted by molar-refractivity contribution is 5.99. The molecule has 0 unspecified atom stereocenters. The second kappa shape index (κ2) is 10.0. The van der Waals surface area contributed by atoms with Crippen molar-refractivity contribution in [3.05, 3.63) is 48.0 Å². The van der Waals surface area contributed by atoms with E-state index < -0.39 is 23.8 Å². The summed E-state index contributed by atoms with van der Waals surface area (Å²) in [5, 5.41) is 2.66. The molecule has 0 aliphatic rings. The van der Waals surface area contributed by atoms with Crippen LogP contribution in [0.25, 0.3) is 0 Å². The first-order valence-electron chi connectivity index (χ1n) is 8.75. The molecule has 0 radical (unpaired) electrons. The first kappa shape index (κ1) is 21.6. The molecule has 0 spiro atoms. The Morgan fingerprint density at radius 1 is 0.931 bits per heavy atom. The minimum absolute atomic E-state index is 0.0430. The highest BCUT2D eigenvalue weighted by atomic mass is 16.5. The lowest BCUT2D eigenvalue weighted by atomic mass is 10.0. The van der Waals surface area contributed by atoms with E-state index in [9.17, 15) is 14.4 Å². The van der Waals surface area contributed by atoms with Gasteiger partial charge in [0.25, 0.3) is 17.7 Å². The second-order valence-corrected chi connectivity index (χ2v) is 6.33. The Balaban J connectivity index is 2.06. The predicted octanol–water partition coefficient (Wildman–Crippen LogP) is 0.709. The molecule has 2 rings (SSSR count). The van der Waals surface area contributed by atoms with E-state index >= 15 is 0 Å². The highest BCUT2D eigenvalue weighted by Crippen LogP contribution is 2.22. The van der Waals surface area contributed by atoms with Crippen LogP contribution in [-0.4, -0.2) is 48.0 Å². The van der Waals surface area contributed by atoms with Gasteiger partial charge in [0.1, 0.15) is 23.2 Å². The van der Waals surface area contributed by atoms with Gasteiger partial charge in [0, 0.05) is 24.0 Å². The molecule has 1 aromatic carbocycles. The number of nitrogens with one attached hydrogen (secondary N) is 3. The lowest BCUT2D eigenvalue weighted by molar-refractivity contribution is -0.124. The van der Waals surface area contributed by atoms with Crippen LogP contribution < -0.4 is 25.6 Å². The molecule has 0 aliphatic heterocycles. The fourth-order valence-electron chi connectivity index (χ4n) is 2.37. The normalized spacial score (nSPS) is 11.3. The number of nitrogens with zero attached hydrogens (tertiary/aromatic N) is 2. The molecule has 2 aromatic rings. The standard InChI is InChI=1S/C19H23N5O5/c1-11(2)16(19(27)24-23-18(26)15-10-20-5-6-21-15)22-17(25)12-7-13(28-3)9-14(8-12)29-4/h5-11,16H,1-4H3,(H,22,25)(H,23,26)(H,24,27)/t16-/m1/s1. The number of amides is 3. The van der Waals surface area contributed by atoms with Gasteiger partial charge in [-0.2, -0.15) is 0 Å². The first-order chi connectivity index (χ1) is 13.8. The molecule has 1 atom stereocenters. The van der Waals surface area contributed by atoms with Gasteiger partial charge in [-0.05, 0) is 18.1 Å². The average Bonchev–Trinajstić information content (AvgIpc) is 2.75. The predicted molar refractivity (Wildman–Crippen MR) is 103 cm³/mol. The quantitative estimate of drug-likeness (QED) is 0.582. The van der Waals surface area contributed by atoms with Crippen LogP contribution in [0.1, 0.15) is 34.7 Å². The third-order valence-corrected chi connectivity index (χ3v) is 3.94. The van der Waals surface area contributed by atoms with E-state index in [1.165, 1.54) is 44.9 Å². The Hall–Kier alpha value is -3.69. The van der Waals surface area contributed by atoms with E-state index in [1.54, 1.807) is 19.9 Å². The SMILES string of the molecule is COc1cc(OC)cc(C(=O)N[C@@H](C(=O)NNC(=O)c2cnccn2)C(C)C)c1. The molecule has 1 heterocycles. The molecular formula is C19H23N5O5. The molecule has 3 amide bonds. The van der Waals surface area contributed by atoms with Crippen LogP contribution in [0.4, 0.5) is 0 Å². The van der Waals surface area contributed by atoms with Gasteiger partial charge in [-0.15, -0.1) is 0 Å². The maximum absolute atomic E-state index is 12.7. The maximum atomic E-state index is 12.7. The van der Waals surface area contributed by atoms with Gasteiger partial charge in [0.05, 0.1) is 20.4 Å². The van der Waals surface area contributed by atoms with Crippen LogP contribution in [0.5, 0.6) is 11.5 Å². The van der Waals surface area contributed by atoms with Gasteiger partial charge < -0.3 is 14.8 Å². The van der Waals surface area contributed by atoms with Gasteiger partial charge >= 0.3 is 0 Å². The Morgan fingerprint density at radius 2 is 1.59 bits per heavy atom. The average molecular weight is 401 g/mol. The van der Waals surface area contributed by atoms with E-state index in [0.29, 0.717) is 11.5 Å². The summed E-state index contributed by atoms with van der Waals surface area (Å²) in [4.78, 5) is 44.8. The van der Waals surface area contributed by atoms with Gasteiger partial charge in [0.15, 0.2) is 0 Å². The molecule has 0 saturated carbocycles. The molecule has 154 valence electrons. The smallest absolute Gasteiger partial charge is 0.289 e. The third-order valence-electron chi connectivity index (χ3n) is 3.94.